The van der Waals surface area contributed by atoms with Crippen LogP contribution < -0.4 is 10.7 Å². The number of nitrogens with zero attached hydrogens (tertiary/aromatic N) is 2. The van der Waals surface area contributed by atoms with Crippen LogP contribution in [0.1, 0.15) is 45.9 Å². The Labute approximate surface area is 194 Å². The summed E-state index contributed by atoms with van der Waals surface area (Å²) in [5.74, 6) is -0.732. The lowest BCUT2D eigenvalue weighted by atomic mass is 9.89. The zero-order valence-electron chi connectivity index (χ0n) is 20.6. The first-order valence-electron chi connectivity index (χ1n) is 11.4. The first-order valence-corrected chi connectivity index (χ1v) is 14.9. The average Bonchev–Trinajstić information content (AvgIpc) is 3.10. The van der Waals surface area contributed by atoms with Gasteiger partial charge in [0.1, 0.15) is 6.61 Å². The summed E-state index contributed by atoms with van der Waals surface area (Å²) in [5.41, 5.74) is 7.06. The Morgan fingerprint density at radius 3 is 2.30 bits per heavy atom. The second kappa shape index (κ2) is 6.64. The molecule has 7 heteroatoms. The molecule has 2 aromatic heterocycles. The standard InChI is InChI=1S/C26H30N2O4Si/c1-12-13(2)15(4)21-20(14(12)3)23(33(6,7)8)16-10-28-19(22(16)27-21)9-18-17(24(28)29)11-32-25(30)26(18,5)31/h9,31H,10-11H2,1-8H3. The van der Waals surface area contributed by atoms with Crippen molar-refractivity contribution in [3.05, 3.63) is 55.4 Å². The molecule has 2 aliphatic rings. The van der Waals surface area contributed by atoms with Gasteiger partial charge in [-0.25, -0.2) is 9.78 Å². The van der Waals surface area contributed by atoms with E-state index in [9.17, 15) is 14.7 Å². The number of aromatic nitrogens is 2. The number of fused-ring (bicyclic) bond motifs is 5. The van der Waals surface area contributed by atoms with Crippen molar-refractivity contribution < 1.29 is 14.6 Å². The van der Waals surface area contributed by atoms with Crippen molar-refractivity contribution in [2.75, 3.05) is 0 Å². The van der Waals surface area contributed by atoms with Crippen LogP contribution in [0.4, 0.5) is 0 Å². The molecule has 0 saturated carbocycles. The number of hydrogen-bond acceptors (Lipinski definition) is 5. The number of pyridine rings is 2. The molecule has 6 nitrogen and oxygen atoms in total. The Kier molecular flexibility index (Phi) is 4.43. The molecule has 1 N–H and O–H groups in total. The molecule has 0 amide bonds. The molecule has 5 rings (SSSR count). The van der Waals surface area contributed by atoms with Gasteiger partial charge in [-0.3, -0.25) is 4.79 Å². The fraction of sp³-hybridized carbons (Fsp3) is 0.423. The fourth-order valence-corrected chi connectivity index (χ4v) is 7.70. The Balaban J connectivity index is 1.95. The SMILES string of the molecule is Cc1c(C)c(C)c2c([Si](C)(C)C)c3c(nc2c1C)-c1cc2c(c(=O)n1C3)COC(=O)C2(C)O. The molecule has 172 valence electrons. The maximum atomic E-state index is 13.5. The van der Waals surface area contributed by atoms with Gasteiger partial charge in [-0.1, -0.05) is 19.6 Å². The van der Waals surface area contributed by atoms with E-state index in [4.69, 9.17) is 9.72 Å². The van der Waals surface area contributed by atoms with Crippen LogP contribution in [-0.4, -0.2) is 28.7 Å². The monoisotopic (exact) mass is 462 g/mol. The molecule has 0 spiro atoms. The van der Waals surface area contributed by atoms with E-state index in [1.54, 1.807) is 10.6 Å². The summed E-state index contributed by atoms with van der Waals surface area (Å²) in [4.78, 5) is 30.9. The number of esters is 1. The van der Waals surface area contributed by atoms with Crippen LogP contribution in [0.3, 0.4) is 0 Å². The van der Waals surface area contributed by atoms with E-state index >= 15 is 0 Å². The Morgan fingerprint density at radius 2 is 1.67 bits per heavy atom. The molecule has 3 aromatic rings. The first-order chi connectivity index (χ1) is 15.3. The number of benzene rings is 1. The van der Waals surface area contributed by atoms with Gasteiger partial charge in [-0.15, -0.1) is 0 Å². The van der Waals surface area contributed by atoms with E-state index in [1.807, 2.05) is 0 Å². The first kappa shape index (κ1) is 22.0. The zero-order chi connectivity index (χ0) is 24.2. The molecule has 0 bridgehead atoms. The summed E-state index contributed by atoms with van der Waals surface area (Å²) >= 11 is 0. The number of carbonyl (C=O) groups excluding carboxylic acids is 1. The predicted molar refractivity (Wildman–Crippen MR) is 132 cm³/mol. The smallest absolute Gasteiger partial charge is 0.342 e. The number of ether oxygens (including phenoxy) is 1. The number of aryl methyl sites for hydroxylation is 2. The number of hydrogen-bond donors (Lipinski definition) is 1. The maximum Gasteiger partial charge on any atom is 0.342 e. The molecule has 0 saturated heterocycles. The Hall–Kier alpha value is -2.77. The van der Waals surface area contributed by atoms with Crippen molar-refractivity contribution in [2.24, 2.45) is 0 Å². The molecule has 1 unspecified atom stereocenters. The highest BCUT2D eigenvalue weighted by Gasteiger charge is 2.43. The van der Waals surface area contributed by atoms with E-state index in [1.165, 1.54) is 34.2 Å². The van der Waals surface area contributed by atoms with Gasteiger partial charge in [0.2, 0.25) is 0 Å². The van der Waals surface area contributed by atoms with Gasteiger partial charge in [0.05, 0.1) is 37.1 Å². The van der Waals surface area contributed by atoms with Crippen LogP contribution in [0.2, 0.25) is 19.6 Å². The molecule has 0 aliphatic carbocycles. The van der Waals surface area contributed by atoms with Crippen molar-refractivity contribution in [2.45, 2.75) is 73.0 Å². The maximum absolute atomic E-state index is 13.5. The number of cyclic esters (lactones) is 1. The summed E-state index contributed by atoms with van der Waals surface area (Å²) in [7, 11) is -1.86. The molecule has 1 aromatic carbocycles. The third kappa shape index (κ3) is 2.78. The van der Waals surface area contributed by atoms with Gasteiger partial charge in [0.25, 0.3) is 5.56 Å². The van der Waals surface area contributed by atoms with Gasteiger partial charge in [-0.2, -0.15) is 0 Å². The molecular formula is C26H30N2O4Si. The van der Waals surface area contributed by atoms with Crippen molar-refractivity contribution in [3.8, 4) is 11.4 Å². The summed E-state index contributed by atoms with van der Waals surface area (Å²) < 4.78 is 6.86. The zero-order valence-corrected chi connectivity index (χ0v) is 21.6. The topological polar surface area (TPSA) is 81.4 Å². The van der Waals surface area contributed by atoms with E-state index in [2.05, 4.69) is 47.3 Å². The van der Waals surface area contributed by atoms with Crippen molar-refractivity contribution >= 4 is 30.1 Å². The summed E-state index contributed by atoms with van der Waals surface area (Å²) in [6.07, 6.45) is 0. The lowest BCUT2D eigenvalue weighted by Crippen LogP contribution is -2.43. The van der Waals surface area contributed by atoms with Crippen molar-refractivity contribution in [3.63, 3.8) is 0 Å². The summed E-state index contributed by atoms with van der Waals surface area (Å²) in [6.45, 7) is 17.3. The minimum Gasteiger partial charge on any atom is -0.458 e. The highest BCUT2D eigenvalue weighted by atomic mass is 28.3. The molecule has 2 aliphatic heterocycles. The average molecular weight is 463 g/mol. The van der Waals surface area contributed by atoms with E-state index < -0.39 is 19.6 Å². The van der Waals surface area contributed by atoms with Crippen LogP contribution in [-0.2, 0) is 28.3 Å². The second-order valence-corrected chi connectivity index (χ2v) is 15.7. The van der Waals surface area contributed by atoms with Crippen LogP contribution in [0.25, 0.3) is 22.3 Å². The van der Waals surface area contributed by atoms with Gasteiger partial charge in [0.15, 0.2) is 5.60 Å². The lowest BCUT2D eigenvalue weighted by molar-refractivity contribution is -0.169. The molecule has 0 radical (unpaired) electrons. The molecular weight excluding hydrogens is 432 g/mol. The van der Waals surface area contributed by atoms with Gasteiger partial charge >= 0.3 is 5.97 Å². The molecule has 0 fully saturated rings. The molecule has 1 atom stereocenters. The third-order valence-corrected chi connectivity index (χ3v) is 9.75. The molecule has 4 heterocycles. The van der Waals surface area contributed by atoms with Gasteiger partial charge in [0, 0.05) is 10.9 Å². The van der Waals surface area contributed by atoms with Crippen LogP contribution in [0.15, 0.2) is 10.9 Å². The van der Waals surface area contributed by atoms with Gasteiger partial charge in [-0.05, 0) is 73.7 Å². The number of carbonyl (C=O) groups is 1. The normalized spacial score (nSPS) is 19.4. The van der Waals surface area contributed by atoms with E-state index in [-0.39, 0.29) is 12.2 Å². The highest BCUT2D eigenvalue weighted by Crippen LogP contribution is 2.39. The van der Waals surface area contributed by atoms with Crippen LogP contribution in [0, 0.1) is 27.7 Å². The lowest BCUT2D eigenvalue weighted by Gasteiger charge is -2.29. The molecule has 33 heavy (non-hydrogen) atoms. The summed E-state index contributed by atoms with van der Waals surface area (Å²) in [6, 6.07) is 1.78. The van der Waals surface area contributed by atoms with Crippen LogP contribution in [0.5, 0.6) is 0 Å². The highest BCUT2D eigenvalue weighted by molar-refractivity contribution is 6.91. The largest absolute Gasteiger partial charge is 0.458 e. The number of aliphatic hydroxyl groups is 1. The predicted octanol–water partition coefficient (Wildman–Crippen LogP) is 3.47. The minimum absolute atomic E-state index is 0.118. The Bertz CT molecular complexity index is 1480. The number of rotatable bonds is 1. The Morgan fingerprint density at radius 1 is 1.03 bits per heavy atom. The van der Waals surface area contributed by atoms with Crippen molar-refractivity contribution in [1.29, 1.82) is 0 Å². The third-order valence-electron chi connectivity index (χ3n) is 7.69. The van der Waals surface area contributed by atoms with Gasteiger partial charge < -0.3 is 14.4 Å². The van der Waals surface area contributed by atoms with Crippen LogP contribution >= 0.6 is 0 Å². The minimum atomic E-state index is -1.86. The van der Waals surface area contributed by atoms with E-state index in [0.717, 1.165) is 22.3 Å². The summed E-state index contributed by atoms with van der Waals surface area (Å²) in [5, 5.41) is 13.4. The quantitative estimate of drug-likeness (QED) is 0.346. The van der Waals surface area contributed by atoms with E-state index in [0.29, 0.717) is 23.4 Å². The second-order valence-electron chi connectivity index (χ2n) is 10.7. The fourth-order valence-electron chi connectivity index (χ4n) is 5.54. The van der Waals surface area contributed by atoms with Crippen molar-refractivity contribution in [1.82, 2.24) is 9.55 Å².